The molecule has 3 aromatic rings. The van der Waals surface area contributed by atoms with Crippen LogP contribution in [0.3, 0.4) is 0 Å². The van der Waals surface area contributed by atoms with Crippen LogP contribution in [0.15, 0.2) is 53.9 Å². The molecule has 0 aliphatic rings. The van der Waals surface area contributed by atoms with Gasteiger partial charge in [-0.3, -0.25) is 14.2 Å². The number of nitrogens with one attached hydrogen (secondary N) is 1. The molecule has 3 rings (SSSR count). The van der Waals surface area contributed by atoms with E-state index in [-0.39, 0.29) is 11.7 Å². The lowest BCUT2D eigenvalue weighted by Gasteiger charge is -2.09. The smallest absolute Gasteiger partial charge is 0.217 e. The highest BCUT2D eigenvalue weighted by Crippen LogP contribution is 2.25. The molecule has 0 unspecified atom stereocenters. The number of imidazole rings is 1. The molecule has 7 heteroatoms. The van der Waals surface area contributed by atoms with Crippen molar-refractivity contribution in [1.82, 2.24) is 14.9 Å². The van der Waals surface area contributed by atoms with Gasteiger partial charge in [0.2, 0.25) is 5.91 Å². The van der Waals surface area contributed by atoms with Gasteiger partial charge >= 0.3 is 0 Å². The van der Waals surface area contributed by atoms with E-state index < -0.39 is 0 Å². The fraction of sp³-hybridized carbons (Fsp3) is 0.211. The van der Waals surface area contributed by atoms with Crippen molar-refractivity contribution in [3.8, 4) is 5.69 Å². The number of aromatic nitrogens is 2. The maximum absolute atomic E-state index is 12.5. The Labute approximate surface area is 160 Å². The van der Waals surface area contributed by atoms with Crippen LogP contribution in [0.5, 0.6) is 0 Å². The molecule has 1 amide bonds. The van der Waals surface area contributed by atoms with Gasteiger partial charge in [0.1, 0.15) is 0 Å². The van der Waals surface area contributed by atoms with E-state index in [1.165, 1.54) is 30.0 Å². The van der Waals surface area contributed by atoms with Gasteiger partial charge in [-0.25, -0.2) is 4.98 Å². The van der Waals surface area contributed by atoms with Crippen LogP contribution in [0.25, 0.3) is 5.69 Å². The number of hydrogen-bond acceptors (Lipinski definition) is 5. The van der Waals surface area contributed by atoms with Crippen molar-refractivity contribution < 1.29 is 9.59 Å². The first-order valence-electron chi connectivity index (χ1n) is 8.13. The Balaban J connectivity index is 1.65. The van der Waals surface area contributed by atoms with Crippen LogP contribution >= 0.6 is 23.1 Å². The number of aryl methyl sites for hydroxylation is 1. The molecule has 5 nitrogen and oxygen atoms in total. The van der Waals surface area contributed by atoms with Crippen LogP contribution in [-0.2, 0) is 11.3 Å². The summed E-state index contributed by atoms with van der Waals surface area (Å²) in [6.07, 6.45) is 3.65. The molecule has 0 bridgehead atoms. The van der Waals surface area contributed by atoms with Crippen molar-refractivity contribution in [3.63, 3.8) is 0 Å². The number of hydrogen-bond donors (Lipinski definition) is 1. The van der Waals surface area contributed by atoms with Gasteiger partial charge < -0.3 is 5.32 Å². The molecule has 1 aromatic carbocycles. The Bertz CT molecular complexity index is 930. The SMILES string of the molecule is CC(=O)NCc1ccc(C(=O)CSc2nccn2-c2ccccc2C)s1. The molecular weight excluding hydrogens is 366 g/mol. The Morgan fingerprint density at radius 3 is 2.81 bits per heavy atom. The molecule has 26 heavy (non-hydrogen) atoms. The normalized spacial score (nSPS) is 10.7. The first kappa shape index (κ1) is 18.4. The van der Waals surface area contributed by atoms with E-state index in [4.69, 9.17) is 0 Å². The maximum atomic E-state index is 12.5. The van der Waals surface area contributed by atoms with E-state index in [0.717, 1.165) is 21.3 Å². The second-order valence-electron chi connectivity index (χ2n) is 5.75. The number of carbonyl (C=O) groups excluding carboxylic acids is 2. The summed E-state index contributed by atoms with van der Waals surface area (Å²) < 4.78 is 2.00. The number of rotatable bonds is 7. The summed E-state index contributed by atoms with van der Waals surface area (Å²) in [5.41, 5.74) is 2.22. The van der Waals surface area contributed by atoms with E-state index in [1.54, 1.807) is 6.20 Å². The first-order valence-corrected chi connectivity index (χ1v) is 9.93. The number of para-hydroxylation sites is 1. The van der Waals surface area contributed by atoms with Gasteiger partial charge in [0, 0.05) is 24.2 Å². The average molecular weight is 386 g/mol. The van der Waals surface area contributed by atoms with Crippen LogP contribution in [0.2, 0.25) is 0 Å². The fourth-order valence-electron chi connectivity index (χ4n) is 2.45. The molecule has 134 valence electrons. The van der Waals surface area contributed by atoms with Crippen molar-refractivity contribution in [3.05, 3.63) is 64.1 Å². The monoisotopic (exact) mass is 385 g/mol. The molecule has 0 saturated carbocycles. The number of Topliss-reactive ketones (excluding diaryl/α,β-unsaturated/α-hetero) is 1. The van der Waals surface area contributed by atoms with Gasteiger partial charge in [-0.05, 0) is 30.7 Å². The number of benzene rings is 1. The van der Waals surface area contributed by atoms with Gasteiger partial charge in [0.15, 0.2) is 10.9 Å². The predicted molar refractivity (Wildman–Crippen MR) is 105 cm³/mol. The van der Waals surface area contributed by atoms with E-state index in [2.05, 4.69) is 23.3 Å². The van der Waals surface area contributed by atoms with E-state index in [1.807, 2.05) is 41.1 Å². The van der Waals surface area contributed by atoms with Gasteiger partial charge in [-0.15, -0.1) is 11.3 Å². The van der Waals surface area contributed by atoms with Crippen LogP contribution in [0, 0.1) is 6.92 Å². The number of carbonyl (C=O) groups is 2. The molecule has 0 fully saturated rings. The Morgan fingerprint density at radius 1 is 1.23 bits per heavy atom. The highest BCUT2D eigenvalue weighted by Gasteiger charge is 2.13. The molecule has 0 radical (unpaired) electrons. The number of amides is 1. The Kier molecular flexibility index (Phi) is 5.90. The molecular formula is C19H19N3O2S2. The van der Waals surface area contributed by atoms with Gasteiger partial charge in [0.05, 0.1) is 22.9 Å². The fourth-order valence-corrected chi connectivity index (χ4v) is 4.27. The zero-order chi connectivity index (χ0) is 18.5. The highest BCUT2D eigenvalue weighted by atomic mass is 32.2. The number of nitrogens with zero attached hydrogens (tertiary/aromatic N) is 2. The Morgan fingerprint density at radius 2 is 2.04 bits per heavy atom. The molecule has 0 aliphatic heterocycles. The van der Waals surface area contributed by atoms with Crippen LogP contribution < -0.4 is 5.32 Å². The van der Waals surface area contributed by atoms with Gasteiger partial charge in [0.25, 0.3) is 0 Å². The lowest BCUT2D eigenvalue weighted by Crippen LogP contribution is -2.18. The van der Waals surface area contributed by atoms with E-state index in [9.17, 15) is 9.59 Å². The van der Waals surface area contributed by atoms with Crippen molar-refractivity contribution in [2.75, 3.05) is 5.75 Å². The molecule has 0 atom stereocenters. The lowest BCUT2D eigenvalue weighted by atomic mass is 10.2. The molecule has 0 aliphatic carbocycles. The second kappa shape index (κ2) is 8.33. The van der Waals surface area contributed by atoms with E-state index >= 15 is 0 Å². The lowest BCUT2D eigenvalue weighted by molar-refractivity contribution is -0.119. The zero-order valence-electron chi connectivity index (χ0n) is 14.6. The molecule has 2 aromatic heterocycles. The molecule has 0 saturated heterocycles. The number of thioether (sulfide) groups is 1. The Hall–Kier alpha value is -2.38. The highest BCUT2D eigenvalue weighted by molar-refractivity contribution is 7.99. The summed E-state index contributed by atoms with van der Waals surface area (Å²) in [6.45, 7) is 3.99. The standard InChI is InChI=1S/C19H19N3O2S2/c1-13-5-3-4-6-16(13)22-10-9-20-19(22)25-12-17(24)18-8-7-15(26-18)11-21-14(2)23/h3-10H,11-12H2,1-2H3,(H,21,23). The van der Waals surface area contributed by atoms with Crippen molar-refractivity contribution >= 4 is 34.8 Å². The van der Waals surface area contributed by atoms with Crippen molar-refractivity contribution in [2.45, 2.75) is 25.5 Å². The zero-order valence-corrected chi connectivity index (χ0v) is 16.2. The van der Waals surface area contributed by atoms with Crippen LogP contribution in [-0.4, -0.2) is 27.0 Å². The molecule has 2 heterocycles. The minimum absolute atomic E-state index is 0.0633. The molecule has 1 N–H and O–H groups in total. The molecule has 0 spiro atoms. The minimum atomic E-state index is -0.0788. The summed E-state index contributed by atoms with van der Waals surface area (Å²) in [5, 5.41) is 3.54. The number of ketones is 1. The third-order valence-corrected chi connectivity index (χ3v) is 5.86. The average Bonchev–Trinajstić information content (AvgIpc) is 3.28. The minimum Gasteiger partial charge on any atom is -0.351 e. The maximum Gasteiger partial charge on any atom is 0.217 e. The predicted octanol–water partition coefficient (Wildman–Crippen LogP) is 3.85. The second-order valence-corrected chi connectivity index (χ2v) is 7.86. The van der Waals surface area contributed by atoms with Crippen LogP contribution in [0.4, 0.5) is 0 Å². The summed E-state index contributed by atoms with van der Waals surface area (Å²) in [7, 11) is 0. The van der Waals surface area contributed by atoms with Crippen LogP contribution in [0.1, 0.15) is 27.0 Å². The summed E-state index contributed by atoms with van der Waals surface area (Å²) in [4.78, 5) is 29.5. The van der Waals surface area contributed by atoms with E-state index in [0.29, 0.717) is 17.2 Å². The van der Waals surface area contributed by atoms with Crippen molar-refractivity contribution in [1.29, 1.82) is 0 Å². The quantitative estimate of drug-likeness (QED) is 0.496. The first-order chi connectivity index (χ1) is 12.5. The summed E-state index contributed by atoms with van der Waals surface area (Å²) >= 11 is 2.85. The largest absolute Gasteiger partial charge is 0.351 e. The third-order valence-electron chi connectivity index (χ3n) is 3.76. The van der Waals surface area contributed by atoms with Crippen molar-refractivity contribution in [2.24, 2.45) is 0 Å². The summed E-state index contributed by atoms with van der Waals surface area (Å²) in [6, 6.07) is 11.8. The van der Waals surface area contributed by atoms with Gasteiger partial charge in [-0.1, -0.05) is 30.0 Å². The third kappa shape index (κ3) is 4.42. The topological polar surface area (TPSA) is 64.0 Å². The summed E-state index contributed by atoms with van der Waals surface area (Å²) in [5.74, 6) is 0.307. The van der Waals surface area contributed by atoms with Gasteiger partial charge in [-0.2, -0.15) is 0 Å². The number of thiophene rings is 1.